The van der Waals surface area contributed by atoms with Crippen LogP contribution >= 0.6 is 15.9 Å². The zero-order chi connectivity index (χ0) is 19.4. The second kappa shape index (κ2) is 8.26. The van der Waals surface area contributed by atoms with Gasteiger partial charge in [0.05, 0.1) is 11.4 Å². The van der Waals surface area contributed by atoms with Crippen LogP contribution in [-0.2, 0) is 6.42 Å². The van der Waals surface area contributed by atoms with Crippen molar-refractivity contribution in [2.24, 2.45) is 0 Å². The normalized spacial score (nSPS) is 10.9. The van der Waals surface area contributed by atoms with Crippen LogP contribution in [0.1, 0.15) is 23.1 Å². The molecule has 0 aliphatic carbocycles. The van der Waals surface area contributed by atoms with Gasteiger partial charge in [0.2, 0.25) is 0 Å². The molecule has 1 amide bonds. The van der Waals surface area contributed by atoms with E-state index in [2.05, 4.69) is 36.3 Å². The van der Waals surface area contributed by atoms with Gasteiger partial charge in [-0.1, -0.05) is 28.1 Å². The lowest BCUT2D eigenvalue weighted by Gasteiger charge is -2.08. The third-order valence-electron chi connectivity index (χ3n) is 3.72. The second-order valence-corrected chi connectivity index (χ2v) is 6.40. The first-order valence-corrected chi connectivity index (χ1v) is 8.84. The molecule has 140 valence electrons. The topological polar surface area (TPSA) is 69.0 Å². The molecule has 6 nitrogen and oxygen atoms in total. The summed E-state index contributed by atoms with van der Waals surface area (Å²) in [4.78, 5) is 12.6. The van der Waals surface area contributed by atoms with Crippen LogP contribution in [0.4, 0.5) is 14.5 Å². The summed E-state index contributed by atoms with van der Waals surface area (Å²) in [7, 11) is 0. The van der Waals surface area contributed by atoms with Gasteiger partial charge in [-0.25, -0.2) is 4.68 Å². The molecule has 27 heavy (non-hydrogen) atoms. The summed E-state index contributed by atoms with van der Waals surface area (Å²) in [5.74, 6) is -0.335. The Labute approximate surface area is 162 Å². The van der Waals surface area contributed by atoms with Crippen LogP contribution in [-0.4, -0.2) is 27.5 Å². The van der Waals surface area contributed by atoms with Gasteiger partial charge in [0.15, 0.2) is 5.69 Å². The van der Waals surface area contributed by atoms with Crippen LogP contribution in [0.15, 0.2) is 53.0 Å². The van der Waals surface area contributed by atoms with Gasteiger partial charge < -0.3 is 10.1 Å². The minimum Gasteiger partial charge on any atom is -0.435 e. The van der Waals surface area contributed by atoms with Crippen molar-refractivity contribution >= 4 is 27.5 Å². The van der Waals surface area contributed by atoms with E-state index in [4.69, 9.17) is 0 Å². The van der Waals surface area contributed by atoms with E-state index < -0.39 is 6.61 Å². The average Bonchev–Trinajstić information content (AvgIpc) is 3.08. The Balaban J connectivity index is 1.83. The molecule has 0 atom stereocenters. The number of anilines is 1. The van der Waals surface area contributed by atoms with Crippen LogP contribution in [0.25, 0.3) is 5.69 Å². The van der Waals surface area contributed by atoms with Gasteiger partial charge in [-0.15, -0.1) is 5.10 Å². The predicted octanol–water partition coefficient (Wildman–Crippen LogP) is 4.45. The maximum atomic E-state index is 12.6. The molecule has 0 radical (unpaired) electrons. The van der Waals surface area contributed by atoms with Gasteiger partial charge in [-0.05, 0) is 55.0 Å². The summed E-state index contributed by atoms with van der Waals surface area (Å²) in [5.41, 5.74) is 2.03. The third-order valence-corrected chi connectivity index (χ3v) is 4.25. The monoisotopic (exact) mass is 436 g/mol. The van der Waals surface area contributed by atoms with Crippen molar-refractivity contribution in [3.8, 4) is 11.4 Å². The molecule has 1 N–H and O–H groups in total. The number of nitrogens with one attached hydrogen (secondary N) is 1. The summed E-state index contributed by atoms with van der Waals surface area (Å²) in [6.45, 7) is -1.01. The Bertz CT molecular complexity index is 928. The highest BCUT2D eigenvalue weighted by molar-refractivity contribution is 9.10. The highest BCUT2D eigenvalue weighted by Gasteiger charge is 2.19. The van der Waals surface area contributed by atoms with Gasteiger partial charge in [0.1, 0.15) is 5.75 Å². The number of ether oxygens (including phenoxy) is 1. The van der Waals surface area contributed by atoms with E-state index in [-0.39, 0.29) is 17.4 Å². The molecule has 0 aliphatic rings. The Morgan fingerprint density at radius 2 is 1.85 bits per heavy atom. The fourth-order valence-corrected chi connectivity index (χ4v) is 2.76. The molecule has 1 heterocycles. The lowest BCUT2D eigenvalue weighted by Crippen LogP contribution is -2.15. The number of hydrogen-bond acceptors (Lipinski definition) is 4. The molecule has 9 heteroatoms. The Morgan fingerprint density at radius 3 is 2.44 bits per heavy atom. The molecule has 0 bridgehead atoms. The summed E-state index contributed by atoms with van der Waals surface area (Å²) >= 11 is 3.34. The molecule has 0 fully saturated rings. The number of amides is 1. The van der Waals surface area contributed by atoms with Crippen molar-refractivity contribution in [2.75, 3.05) is 5.32 Å². The van der Waals surface area contributed by atoms with Gasteiger partial charge >= 0.3 is 6.61 Å². The SMILES string of the molecule is CCc1c(C(=O)Nc2ccc(Br)cc2)nnn1-c1ccc(OC(F)F)cc1. The number of aromatic nitrogens is 3. The third kappa shape index (κ3) is 4.48. The summed E-state index contributed by atoms with van der Waals surface area (Å²) in [5, 5.41) is 10.8. The Morgan fingerprint density at radius 1 is 1.19 bits per heavy atom. The maximum absolute atomic E-state index is 12.6. The van der Waals surface area contributed by atoms with Gasteiger partial charge in [-0.2, -0.15) is 8.78 Å². The number of rotatable bonds is 6. The molecule has 0 saturated heterocycles. The quantitative estimate of drug-likeness (QED) is 0.619. The maximum Gasteiger partial charge on any atom is 0.387 e. The van der Waals surface area contributed by atoms with E-state index in [9.17, 15) is 13.6 Å². The molecule has 0 saturated carbocycles. The van der Waals surface area contributed by atoms with Crippen LogP contribution in [0, 0.1) is 0 Å². The molecule has 0 aliphatic heterocycles. The highest BCUT2D eigenvalue weighted by Crippen LogP contribution is 2.20. The van der Waals surface area contributed by atoms with E-state index >= 15 is 0 Å². The Kier molecular flexibility index (Phi) is 5.80. The van der Waals surface area contributed by atoms with Crippen molar-refractivity contribution < 1.29 is 18.3 Å². The number of carbonyl (C=O) groups is 1. The second-order valence-electron chi connectivity index (χ2n) is 5.48. The van der Waals surface area contributed by atoms with E-state index in [1.165, 1.54) is 16.8 Å². The largest absolute Gasteiger partial charge is 0.435 e. The number of nitrogens with zero attached hydrogens (tertiary/aromatic N) is 3. The predicted molar refractivity (Wildman–Crippen MR) is 99.5 cm³/mol. The van der Waals surface area contributed by atoms with Crippen LogP contribution in [0.2, 0.25) is 0 Å². The van der Waals surface area contributed by atoms with Crippen molar-refractivity contribution in [1.82, 2.24) is 15.0 Å². The number of benzene rings is 2. The number of hydrogen-bond donors (Lipinski definition) is 1. The van der Waals surface area contributed by atoms with Gasteiger partial charge in [0.25, 0.3) is 5.91 Å². The van der Waals surface area contributed by atoms with Gasteiger partial charge in [0, 0.05) is 10.2 Å². The molecular formula is C18H15BrF2N4O2. The number of carbonyl (C=O) groups excluding carboxylic acids is 1. The fraction of sp³-hybridized carbons (Fsp3) is 0.167. The van der Waals surface area contributed by atoms with Crippen molar-refractivity contribution in [3.63, 3.8) is 0 Å². The lowest BCUT2D eigenvalue weighted by atomic mass is 10.2. The molecule has 3 aromatic rings. The summed E-state index contributed by atoms with van der Waals surface area (Å²) in [6.07, 6.45) is 0.505. The summed E-state index contributed by atoms with van der Waals surface area (Å²) in [6, 6.07) is 13.1. The van der Waals surface area contributed by atoms with Crippen LogP contribution in [0.5, 0.6) is 5.75 Å². The standard InChI is InChI=1S/C18H15BrF2N4O2/c1-2-15-16(17(26)22-12-5-3-11(19)4-6-12)23-24-25(15)13-7-9-14(10-8-13)27-18(20)21/h3-10,18H,2H2,1H3,(H,22,26). The Hall–Kier alpha value is -2.81. The van der Waals surface area contributed by atoms with Gasteiger partial charge in [-0.3, -0.25) is 4.79 Å². The molecule has 1 aromatic heterocycles. The minimum absolute atomic E-state index is 0.0418. The van der Waals surface area contributed by atoms with Crippen molar-refractivity contribution in [3.05, 3.63) is 64.4 Å². The molecule has 2 aromatic carbocycles. The highest BCUT2D eigenvalue weighted by atomic mass is 79.9. The van der Waals surface area contributed by atoms with E-state index in [0.717, 1.165) is 4.47 Å². The average molecular weight is 437 g/mol. The first kappa shape index (κ1) is 19.0. The zero-order valence-corrected chi connectivity index (χ0v) is 15.8. The van der Waals surface area contributed by atoms with E-state index in [1.807, 2.05) is 19.1 Å². The molecule has 3 rings (SSSR count). The number of alkyl halides is 2. The van der Waals surface area contributed by atoms with Crippen LogP contribution < -0.4 is 10.1 Å². The molecule has 0 spiro atoms. The number of halogens is 3. The summed E-state index contributed by atoms with van der Waals surface area (Å²) < 4.78 is 31.3. The molecular weight excluding hydrogens is 422 g/mol. The fourth-order valence-electron chi connectivity index (χ4n) is 2.49. The van der Waals surface area contributed by atoms with Crippen LogP contribution in [0.3, 0.4) is 0 Å². The van der Waals surface area contributed by atoms with Crippen molar-refractivity contribution in [2.45, 2.75) is 20.0 Å². The minimum atomic E-state index is -2.89. The lowest BCUT2D eigenvalue weighted by molar-refractivity contribution is -0.0498. The first-order chi connectivity index (χ1) is 13.0. The zero-order valence-electron chi connectivity index (χ0n) is 14.2. The first-order valence-electron chi connectivity index (χ1n) is 8.04. The van der Waals surface area contributed by atoms with E-state index in [1.54, 1.807) is 24.3 Å². The smallest absolute Gasteiger partial charge is 0.387 e. The van der Waals surface area contributed by atoms with E-state index in [0.29, 0.717) is 23.5 Å². The van der Waals surface area contributed by atoms with Crippen molar-refractivity contribution in [1.29, 1.82) is 0 Å². The molecule has 0 unspecified atom stereocenters.